The van der Waals surface area contributed by atoms with Crippen LogP contribution >= 0.6 is 27.5 Å². The second-order valence-corrected chi connectivity index (χ2v) is 4.44. The minimum absolute atomic E-state index is 0.421. The highest BCUT2D eigenvalue weighted by atomic mass is 79.9. The van der Waals surface area contributed by atoms with E-state index in [1.165, 1.54) is 0 Å². The summed E-state index contributed by atoms with van der Waals surface area (Å²) >= 11 is 9.52. The number of rotatable bonds is 4. The third-order valence-electron chi connectivity index (χ3n) is 2.28. The number of benzene rings is 1. The average molecular weight is 313 g/mol. The van der Waals surface area contributed by atoms with E-state index in [1.54, 1.807) is 6.20 Å². The SMILES string of the molecule is Clc1cccc(CBr)c1OCc1ccccn1. The van der Waals surface area contributed by atoms with E-state index in [0.29, 0.717) is 17.0 Å². The zero-order valence-corrected chi connectivity index (χ0v) is 11.4. The highest BCUT2D eigenvalue weighted by Gasteiger charge is 2.07. The lowest BCUT2D eigenvalue weighted by molar-refractivity contribution is 0.299. The molecule has 4 heteroatoms. The van der Waals surface area contributed by atoms with Crippen LogP contribution in [-0.2, 0) is 11.9 Å². The van der Waals surface area contributed by atoms with Crippen molar-refractivity contribution in [3.05, 3.63) is 58.9 Å². The van der Waals surface area contributed by atoms with Gasteiger partial charge in [0.05, 0.1) is 10.7 Å². The summed E-state index contributed by atoms with van der Waals surface area (Å²) in [5.74, 6) is 0.719. The molecular formula is C13H11BrClNO. The average Bonchev–Trinajstić information content (AvgIpc) is 2.38. The third kappa shape index (κ3) is 3.20. The van der Waals surface area contributed by atoms with Crippen molar-refractivity contribution >= 4 is 27.5 Å². The number of alkyl halides is 1. The zero-order valence-electron chi connectivity index (χ0n) is 9.07. The van der Waals surface area contributed by atoms with Crippen LogP contribution in [0.3, 0.4) is 0 Å². The van der Waals surface area contributed by atoms with Crippen molar-refractivity contribution in [1.29, 1.82) is 0 Å². The van der Waals surface area contributed by atoms with Gasteiger partial charge < -0.3 is 4.74 Å². The van der Waals surface area contributed by atoms with Gasteiger partial charge in [0, 0.05) is 17.1 Å². The molecule has 0 amide bonds. The summed E-state index contributed by atoms with van der Waals surface area (Å²) in [5.41, 5.74) is 1.92. The smallest absolute Gasteiger partial charge is 0.142 e. The number of ether oxygens (including phenoxy) is 1. The number of hydrogen-bond donors (Lipinski definition) is 0. The predicted molar refractivity (Wildman–Crippen MR) is 72.7 cm³/mol. The van der Waals surface area contributed by atoms with E-state index in [0.717, 1.165) is 17.0 Å². The van der Waals surface area contributed by atoms with Crippen LogP contribution in [0.25, 0.3) is 0 Å². The quantitative estimate of drug-likeness (QED) is 0.789. The number of pyridine rings is 1. The molecule has 0 aliphatic heterocycles. The first kappa shape index (κ1) is 12.4. The van der Waals surface area contributed by atoms with Gasteiger partial charge in [-0.25, -0.2) is 0 Å². The van der Waals surface area contributed by atoms with Crippen molar-refractivity contribution in [2.75, 3.05) is 0 Å². The second-order valence-electron chi connectivity index (χ2n) is 3.47. The van der Waals surface area contributed by atoms with Crippen LogP contribution in [0.1, 0.15) is 11.3 Å². The predicted octanol–water partition coefficient (Wildman–Crippen LogP) is 4.21. The van der Waals surface area contributed by atoms with Crippen LogP contribution in [0.4, 0.5) is 0 Å². The molecule has 0 aliphatic rings. The first-order chi connectivity index (χ1) is 8.31. The van der Waals surface area contributed by atoms with Gasteiger partial charge in [0.2, 0.25) is 0 Å². The lowest BCUT2D eigenvalue weighted by Gasteiger charge is -2.11. The van der Waals surface area contributed by atoms with E-state index < -0.39 is 0 Å². The Morgan fingerprint density at radius 2 is 2.06 bits per heavy atom. The first-order valence-corrected chi connectivity index (χ1v) is 6.67. The van der Waals surface area contributed by atoms with Crippen molar-refractivity contribution in [1.82, 2.24) is 4.98 Å². The lowest BCUT2D eigenvalue weighted by atomic mass is 10.2. The maximum absolute atomic E-state index is 6.11. The first-order valence-electron chi connectivity index (χ1n) is 5.17. The molecule has 0 radical (unpaired) electrons. The molecular weight excluding hydrogens is 302 g/mol. The van der Waals surface area contributed by atoms with Crippen molar-refractivity contribution in [2.24, 2.45) is 0 Å². The van der Waals surface area contributed by atoms with Crippen molar-refractivity contribution in [2.45, 2.75) is 11.9 Å². The van der Waals surface area contributed by atoms with Gasteiger partial charge in [-0.1, -0.05) is 45.7 Å². The summed E-state index contributed by atoms with van der Waals surface area (Å²) in [6.07, 6.45) is 1.75. The standard InChI is InChI=1S/C13H11BrClNO/c14-8-10-4-3-6-12(15)13(10)17-9-11-5-1-2-7-16-11/h1-7H,8-9H2. The van der Waals surface area contributed by atoms with E-state index in [9.17, 15) is 0 Å². The van der Waals surface area contributed by atoms with Gasteiger partial charge in [0.1, 0.15) is 12.4 Å². The van der Waals surface area contributed by atoms with E-state index in [1.807, 2.05) is 36.4 Å². The van der Waals surface area contributed by atoms with Gasteiger partial charge >= 0.3 is 0 Å². The molecule has 2 rings (SSSR count). The molecule has 1 heterocycles. The fraction of sp³-hybridized carbons (Fsp3) is 0.154. The zero-order chi connectivity index (χ0) is 12.1. The van der Waals surface area contributed by atoms with Crippen LogP contribution in [0.2, 0.25) is 5.02 Å². The van der Waals surface area contributed by atoms with Gasteiger partial charge in [-0.2, -0.15) is 0 Å². The molecule has 1 aromatic carbocycles. The number of aromatic nitrogens is 1. The molecule has 0 bridgehead atoms. The highest BCUT2D eigenvalue weighted by molar-refractivity contribution is 9.08. The molecule has 17 heavy (non-hydrogen) atoms. The largest absolute Gasteiger partial charge is 0.485 e. The number of para-hydroxylation sites is 1. The summed E-state index contributed by atoms with van der Waals surface area (Å²) < 4.78 is 5.72. The van der Waals surface area contributed by atoms with E-state index in [4.69, 9.17) is 16.3 Å². The van der Waals surface area contributed by atoms with Gasteiger partial charge in [-0.15, -0.1) is 0 Å². The molecule has 0 atom stereocenters. The number of nitrogens with zero attached hydrogens (tertiary/aromatic N) is 1. The van der Waals surface area contributed by atoms with Crippen LogP contribution in [0.5, 0.6) is 5.75 Å². The van der Waals surface area contributed by atoms with E-state index >= 15 is 0 Å². The Labute approximate surface area is 114 Å². The molecule has 2 aromatic rings. The summed E-state index contributed by atoms with van der Waals surface area (Å²) in [6, 6.07) is 11.4. The van der Waals surface area contributed by atoms with Crippen LogP contribution < -0.4 is 4.74 Å². The Kier molecular flexibility index (Phi) is 4.40. The van der Waals surface area contributed by atoms with E-state index in [2.05, 4.69) is 20.9 Å². The summed E-state index contributed by atoms with van der Waals surface area (Å²) in [7, 11) is 0. The van der Waals surface area contributed by atoms with Gasteiger partial charge in [0.25, 0.3) is 0 Å². The van der Waals surface area contributed by atoms with Gasteiger partial charge in [-0.05, 0) is 18.2 Å². The molecule has 88 valence electrons. The van der Waals surface area contributed by atoms with Gasteiger partial charge in [0.15, 0.2) is 0 Å². The molecule has 0 aliphatic carbocycles. The Balaban J connectivity index is 2.14. The van der Waals surface area contributed by atoms with Crippen LogP contribution in [0.15, 0.2) is 42.6 Å². The Bertz CT molecular complexity index is 490. The maximum atomic E-state index is 6.11. The highest BCUT2D eigenvalue weighted by Crippen LogP contribution is 2.30. The van der Waals surface area contributed by atoms with Crippen LogP contribution in [0, 0.1) is 0 Å². The molecule has 0 unspecified atom stereocenters. The second kappa shape index (κ2) is 6.03. The third-order valence-corrected chi connectivity index (χ3v) is 3.18. The number of hydrogen-bond acceptors (Lipinski definition) is 2. The summed E-state index contributed by atoms with van der Waals surface area (Å²) in [5, 5.41) is 1.34. The Morgan fingerprint density at radius 3 is 2.76 bits per heavy atom. The fourth-order valence-electron chi connectivity index (χ4n) is 1.45. The molecule has 0 saturated carbocycles. The molecule has 1 aromatic heterocycles. The summed E-state index contributed by atoms with van der Waals surface area (Å²) in [6.45, 7) is 0.421. The van der Waals surface area contributed by atoms with E-state index in [-0.39, 0.29) is 0 Å². The van der Waals surface area contributed by atoms with Gasteiger partial charge in [-0.3, -0.25) is 4.98 Å². The fourth-order valence-corrected chi connectivity index (χ4v) is 2.14. The molecule has 0 N–H and O–H groups in total. The van der Waals surface area contributed by atoms with Crippen LogP contribution in [-0.4, -0.2) is 4.98 Å². The topological polar surface area (TPSA) is 22.1 Å². The van der Waals surface area contributed by atoms with Crippen molar-refractivity contribution in [3.63, 3.8) is 0 Å². The minimum atomic E-state index is 0.421. The molecule has 0 spiro atoms. The summed E-state index contributed by atoms with van der Waals surface area (Å²) in [4.78, 5) is 4.20. The Morgan fingerprint density at radius 1 is 1.18 bits per heavy atom. The maximum Gasteiger partial charge on any atom is 0.142 e. The molecule has 0 saturated heterocycles. The Hall–Kier alpha value is -1.06. The molecule has 2 nitrogen and oxygen atoms in total. The lowest BCUT2D eigenvalue weighted by Crippen LogP contribution is -2.00. The van der Waals surface area contributed by atoms with Crippen molar-refractivity contribution in [3.8, 4) is 5.75 Å². The number of halogens is 2. The molecule has 0 fully saturated rings. The normalized spacial score (nSPS) is 10.2. The minimum Gasteiger partial charge on any atom is -0.485 e. The monoisotopic (exact) mass is 311 g/mol. The van der Waals surface area contributed by atoms with Crippen molar-refractivity contribution < 1.29 is 4.74 Å².